The van der Waals surface area contributed by atoms with Crippen molar-refractivity contribution in [3.05, 3.63) is 54.8 Å². The Labute approximate surface area is 94.2 Å². The van der Waals surface area contributed by atoms with Gasteiger partial charge >= 0.3 is 6.03 Å². The highest BCUT2D eigenvalue weighted by Crippen LogP contribution is 2.17. The number of rotatable bonds is 2. The SMILES string of the molecule is NC(=O)N(c1ccccc1)N1C=CC=CC1. The van der Waals surface area contributed by atoms with Gasteiger partial charge in [0.2, 0.25) is 0 Å². The molecule has 1 aliphatic heterocycles. The first-order valence-electron chi connectivity index (χ1n) is 5.03. The van der Waals surface area contributed by atoms with Crippen LogP contribution in [0.2, 0.25) is 0 Å². The number of carbonyl (C=O) groups excluding carboxylic acids is 1. The van der Waals surface area contributed by atoms with Crippen LogP contribution in [0.5, 0.6) is 0 Å². The molecule has 2 rings (SSSR count). The van der Waals surface area contributed by atoms with Crippen molar-refractivity contribution in [1.29, 1.82) is 0 Å². The number of benzene rings is 1. The molecule has 0 fully saturated rings. The van der Waals surface area contributed by atoms with Crippen LogP contribution in [0.25, 0.3) is 0 Å². The summed E-state index contributed by atoms with van der Waals surface area (Å²) in [5.74, 6) is 0. The first-order valence-corrected chi connectivity index (χ1v) is 5.03. The number of para-hydroxylation sites is 1. The van der Waals surface area contributed by atoms with E-state index in [4.69, 9.17) is 5.73 Å². The molecule has 82 valence electrons. The summed E-state index contributed by atoms with van der Waals surface area (Å²) in [6.45, 7) is 0.633. The third kappa shape index (κ3) is 2.06. The Hall–Kier alpha value is -2.23. The van der Waals surface area contributed by atoms with E-state index in [2.05, 4.69) is 0 Å². The highest BCUT2D eigenvalue weighted by Gasteiger charge is 2.17. The van der Waals surface area contributed by atoms with Gasteiger partial charge in [0.25, 0.3) is 0 Å². The van der Waals surface area contributed by atoms with Gasteiger partial charge in [-0.3, -0.25) is 5.01 Å². The Bertz CT molecular complexity index is 425. The Balaban J connectivity index is 2.28. The number of nitrogens with zero attached hydrogens (tertiary/aromatic N) is 2. The van der Waals surface area contributed by atoms with Gasteiger partial charge < -0.3 is 5.73 Å². The van der Waals surface area contributed by atoms with Crippen LogP contribution in [0.3, 0.4) is 0 Å². The second kappa shape index (κ2) is 4.53. The number of urea groups is 1. The van der Waals surface area contributed by atoms with Crippen LogP contribution in [-0.4, -0.2) is 17.6 Å². The van der Waals surface area contributed by atoms with Crippen molar-refractivity contribution in [3.8, 4) is 0 Å². The van der Waals surface area contributed by atoms with Crippen LogP contribution in [0.15, 0.2) is 54.8 Å². The first-order chi connectivity index (χ1) is 7.79. The summed E-state index contributed by atoms with van der Waals surface area (Å²) in [4.78, 5) is 11.4. The molecule has 0 aliphatic carbocycles. The second-order valence-electron chi connectivity index (χ2n) is 3.38. The monoisotopic (exact) mass is 215 g/mol. The van der Waals surface area contributed by atoms with Gasteiger partial charge in [-0.25, -0.2) is 9.80 Å². The standard InChI is InChI=1S/C12H13N3O/c13-12(16)15(11-7-3-1-4-8-11)14-9-5-2-6-10-14/h1-9H,10H2,(H2,13,16). The van der Waals surface area contributed by atoms with Gasteiger partial charge in [-0.2, -0.15) is 0 Å². The van der Waals surface area contributed by atoms with Crippen LogP contribution < -0.4 is 10.7 Å². The molecule has 1 aliphatic rings. The lowest BCUT2D eigenvalue weighted by Crippen LogP contribution is -2.47. The third-order valence-corrected chi connectivity index (χ3v) is 2.26. The molecule has 0 saturated heterocycles. The molecule has 4 heteroatoms. The van der Waals surface area contributed by atoms with Crippen molar-refractivity contribution < 1.29 is 4.79 Å². The van der Waals surface area contributed by atoms with Gasteiger partial charge in [0.05, 0.1) is 12.2 Å². The largest absolute Gasteiger partial charge is 0.350 e. The number of hydrogen-bond donors (Lipinski definition) is 1. The fraction of sp³-hybridized carbons (Fsp3) is 0.0833. The lowest BCUT2D eigenvalue weighted by atomic mass is 10.3. The number of nitrogens with two attached hydrogens (primary N) is 1. The number of hydrogen-bond acceptors (Lipinski definition) is 2. The highest BCUT2D eigenvalue weighted by molar-refractivity contribution is 5.89. The molecule has 1 heterocycles. The molecule has 2 N–H and O–H groups in total. The zero-order chi connectivity index (χ0) is 11.4. The van der Waals surface area contributed by atoms with Crippen LogP contribution in [0.1, 0.15) is 0 Å². The topological polar surface area (TPSA) is 49.6 Å². The van der Waals surface area contributed by atoms with Crippen LogP contribution in [-0.2, 0) is 0 Å². The van der Waals surface area contributed by atoms with E-state index in [9.17, 15) is 4.79 Å². The molecule has 0 unspecified atom stereocenters. The minimum atomic E-state index is -0.494. The molecule has 16 heavy (non-hydrogen) atoms. The summed E-state index contributed by atoms with van der Waals surface area (Å²) in [6, 6.07) is 8.83. The zero-order valence-corrected chi connectivity index (χ0v) is 8.78. The van der Waals surface area contributed by atoms with Crippen LogP contribution in [0, 0.1) is 0 Å². The van der Waals surface area contributed by atoms with Crippen LogP contribution in [0.4, 0.5) is 10.5 Å². The van der Waals surface area contributed by atoms with E-state index in [0.29, 0.717) is 6.54 Å². The van der Waals surface area contributed by atoms with Gasteiger partial charge in [-0.05, 0) is 18.2 Å². The van der Waals surface area contributed by atoms with Gasteiger partial charge in [-0.1, -0.05) is 30.4 Å². The molecule has 4 nitrogen and oxygen atoms in total. The predicted molar refractivity (Wildman–Crippen MR) is 63.5 cm³/mol. The molecule has 0 aromatic heterocycles. The van der Waals surface area contributed by atoms with E-state index in [1.165, 1.54) is 5.01 Å². The molecule has 2 amide bonds. The Morgan fingerprint density at radius 2 is 2.00 bits per heavy atom. The average molecular weight is 215 g/mol. The number of amides is 2. The Morgan fingerprint density at radius 1 is 1.25 bits per heavy atom. The molecule has 1 aromatic carbocycles. The van der Waals surface area contributed by atoms with Crippen molar-refractivity contribution in [2.75, 3.05) is 11.6 Å². The van der Waals surface area contributed by atoms with Crippen LogP contribution >= 0.6 is 0 Å². The van der Waals surface area contributed by atoms with Gasteiger partial charge in [-0.15, -0.1) is 0 Å². The van der Waals surface area contributed by atoms with E-state index in [1.54, 1.807) is 5.01 Å². The maximum atomic E-state index is 11.4. The van der Waals surface area contributed by atoms with Crippen molar-refractivity contribution in [3.63, 3.8) is 0 Å². The Morgan fingerprint density at radius 3 is 2.56 bits per heavy atom. The molecular formula is C12H13N3O. The summed E-state index contributed by atoms with van der Waals surface area (Å²) in [7, 11) is 0. The molecule has 0 saturated carbocycles. The van der Waals surface area contributed by atoms with E-state index in [1.807, 2.05) is 54.8 Å². The van der Waals surface area contributed by atoms with E-state index < -0.39 is 6.03 Å². The number of anilines is 1. The second-order valence-corrected chi connectivity index (χ2v) is 3.38. The molecule has 0 bridgehead atoms. The quantitative estimate of drug-likeness (QED) is 0.818. The smallest absolute Gasteiger partial charge is 0.338 e. The highest BCUT2D eigenvalue weighted by atomic mass is 16.2. The summed E-state index contributed by atoms with van der Waals surface area (Å²) < 4.78 is 0. The first kappa shape index (κ1) is 10.3. The Kier molecular flexibility index (Phi) is 2.91. The van der Waals surface area contributed by atoms with E-state index in [-0.39, 0.29) is 0 Å². The number of primary amides is 1. The van der Waals surface area contributed by atoms with Gasteiger partial charge in [0, 0.05) is 6.20 Å². The molecular weight excluding hydrogens is 202 g/mol. The number of allylic oxidation sites excluding steroid dienone is 2. The lowest BCUT2D eigenvalue weighted by Gasteiger charge is -2.32. The maximum absolute atomic E-state index is 11.4. The fourth-order valence-electron chi connectivity index (χ4n) is 1.58. The van der Waals surface area contributed by atoms with Gasteiger partial charge in [0.1, 0.15) is 0 Å². The van der Waals surface area contributed by atoms with Crippen molar-refractivity contribution in [2.45, 2.75) is 0 Å². The summed E-state index contributed by atoms with van der Waals surface area (Å²) in [6.07, 6.45) is 7.57. The lowest BCUT2D eigenvalue weighted by molar-refractivity contribution is 0.239. The van der Waals surface area contributed by atoms with E-state index in [0.717, 1.165) is 5.69 Å². The predicted octanol–water partition coefficient (Wildman–Crippen LogP) is 1.87. The minimum absolute atomic E-state index is 0.494. The van der Waals surface area contributed by atoms with E-state index >= 15 is 0 Å². The minimum Gasteiger partial charge on any atom is -0.350 e. The fourth-order valence-corrected chi connectivity index (χ4v) is 1.58. The third-order valence-electron chi connectivity index (χ3n) is 2.26. The summed E-state index contributed by atoms with van der Waals surface area (Å²) >= 11 is 0. The average Bonchev–Trinajstić information content (AvgIpc) is 2.31. The summed E-state index contributed by atoms with van der Waals surface area (Å²) in [5.41, 5.74) is 6.15. The molecule has 0 spiro atoms. The molecule has 1 aromatic rings. The summed E-state index contributed by atoms with van der Waals surface area (Å²) in [5, 5.41) is 3.21. The zero-order valence-electron chi connectivity index (χ0n) is 8.78. The van der Waals surface area contributed by atoms with Crippen molar-refractivity contribution in [2.24, 2.45) is 5.73 Å². The molecule has 0 radical (unpaired) electrons. The van der Waals surface area contributed by atoms with Crippen molar-refractivity contribution >= 4 is 11.7 Å². The molecule has 0 atom stereocenters. The maximum Gasteiger partial charge on any atom is 0.338 e. The number of carbonyl (C=O) groups is 1. The van der Waals surface area contributed by atoms with Gasteiger partial charge in [0.15, 0.2) is 0 Å². The number of hydrazine groups is 1. The van der Waals surface area contributed by atoms with Crippen molar-refractivity contribution in [1.82, 2.24) is 5.01 Å². The normalized spacial score (nSPS) is 13.9.